The van der Waals surface area contributed by atoms with Crippen LogP contribution in [-0.4, -0.2) is 35.9 Å². The van der Waals surface area contributed by atoms with E-state index in [1.165, 1.54) is 11.8 Å². The first-order chi connectivity index (χ1) is 9.73. The molecule has 0 heterocycles. The Morgan fingerprint density at radius 3 is 2.38 bits per heavy atom. The van der Waals surface area contributed by atoms with Gasteiger partial charge in [-0.25, -0.2) is 0 Å². The summed E-state index contributed by atoms with van der Waals surface area (Å²) in [6.45, 7) is 7.55. The first-order valence-corrected chi connectivity index (χ1v) is 6.91. The van der Waals surface area contributed by atoms with Crippen LogP contribution in [0.4, 0.5) is 0 Å². The molecule has 0 atom stereocenters. The number of benzene rings is 1. The molecule has 1 rings (SSSR count). The maximum atomic E-state index is 12.0. The van der Waals surface area contributed by atoms with E-state index in [1.54, 1.807) is 7.11 Å². The van der Waals surface area contributed by atoms with Gasteiger partial charge in [-0.15, -0.1) is 0 Å². The Labute approximate surface area is 126 Å². The van der Waals surface area contributed by atoms with E-state index in [1.807, 2.05) is 45.0 Å². The van der Waals surface area contributed by atoms with E-state index < -0.39 is 0 Å². The van der Waals surface area contributed by atoms with Gasteiger partial charge in [0.15, 0.2) is 0 Å². The van der Waals surface area contributed by atoms with Gasteiger partial charge in [0.05, 0.1) is 13.7 Å². The third-order valence-electron chi connectivity index (χ3n) is 2.85. The quantitative estimate of drug-likeness (QED) is 0.902. The molecule has 5 nitrogen and oxygen atoms in total. The van der Waals surface area contributed by atoms with Gasteiger partial charge in [0, 0.05) is 24.6 Å². The molecule has 2 amide bonds. The van der Waals surface area contributed by atoms with Gasteiger partial charge in [0.2, 0.25) is 11.8 Å². The number of hydrogen-bond donors (Lipinski definition) is 1. The van der Waals surface area contributed by atoms with Crippen LogP contribution in [0.3, 0.4) is 0 Å². The molecule has 0 aliphatic carbocycles. The van der Waals surface area contributed by atoms with Crippen LogP contribution in [0, 0.1) is 0 Å². The van der Waals surface area contributed by atoms with Crippen LogP contribution >= 0.6 is 0 Å². The molecule has 0 radical (unpaired) electrons. The number of ether oxygens (including phenoxy) is 1. The smallest absolute Gasteiger partial charge is 0.240 e. The highest BCUT2D eigenvalue weighted by atomic mass is 16.5. The summed E-state index contributed by atoms with van der Waals surface area (Å²) in [5.41, 5.74) is 0.558. The first-order valence-electron chi connectivity index (χ1n) is 6.91. The summed E-state index contributed by atoms with van der Waals surface area (Å²) in [4.78, 5) is 25.2. The minimum absolute atomic E-state index is 0.0324. The lowest BCUT2D eigenvalue weighted by molar-refractivity contribution is -0.135. The molecule has 0 saturated carbocycles. The molecule has 0 aromatic heterocycles. The zero-order valence-electron chi connectivity index (χ0n) is 13.4. The summed E-state index contributed by atoms with van der Waals surface area (Å²) in [5.74, 6) is 0.387. The van der Waals surface area contributed by atoms with Crippen molar-refractivity contribution in [3.05, 3.63) is 29.8 Å². The topological polar surface area (TPSA) is 58.6 Å². The minimum Gasteiger partial charge on any atom is -0.496 e. The molecule has 0 fully saturated rings. The number of carbonyl (C=O) groups excluding carboxylic acids is 2. The third-order valence-corrected chi connectivity index (χ3v) is 2.85. The Bertz CT molecular complexity index is 506. The number of nitrogens with one attached hydrogen (secondary N) is 1. The van der Waals surface area contributed by atoms with Gasteiger partial charge in [-0.05, 0) is 26.8 Å². The highest BCUT2D eigenvalue weighted by Crippen LogP contribution is 2.19. The third kappa shape index (κ3) is 5.85. The molecule has 1 N–H and O–H groups in total. The Hall–Kier alpha value is -2.04. The maximum Gasteiger partial charge on any atom is 0.240 e. The van der Waals surface area contributed by atoms with Crippen LogP contribution in [-0.2, 0) is 16.1 Å². The molecule has 0 saturated heterocycles. The van der Waals surface area contributed by atoms with Gasteiger partial charge in [0.25, 0.3) is 0 Å². The molecule has 1 aromatic rings. The van der Waals surface area contributed by atoms with Crippen LogP contribution in [0.2, 0.25) is 0 Å². The van der Waals surface area contributed by atoms with Crippen molar-refractivity contribution in [3.63, 3.8) is 0 Å². The average molecular weight is 292 g/mol. The van der Waals surface area contributed by atoms with E-state index in [-0.39, 0.29) is 23.9 Å². The van der Waals surface area contributed by atoms with E-state index in [0.717, 1.165) is 5.56 Å². The number of methoxy groups -OCH3 is 1. The summed E-state index contributed by atoms with van der Waals surface area (Å²) in [6, 6.07) is 7.47. The lowest BCUT2D eigenvalue weighted by atomic mass is 10.1. The van der Waals surface area contributed by atoms with Gasteiger partial charge in [-0.1, -0.05) is 18.2 Å². The predicted molar refractivity (Wildman–Crippen MR) is 82.0 cm³/mol. The summed E-state index contributed by atoms with van der Waals surface area (Å²) in [7, 11) is 1.59. The lowest BCUT2D eigenvalue weighted by Gasteiger charge is -2.25. The number of carbonyl (C=O) groups is 2. The van der Waals surface area contributed by atoms with Crippen molar-refractivity contribution in [1.82, 2.24) is 10.2 Å². The van der Waals surface area contributed by atoms with E-state index in [9.17, 15) is 9.59 Å². The number of nitrogens with zero attached hydrogens (tertiary/aromatic N) is 1. The van der Waals surface area contributed by atoms with Crippen LogP contribution < -0.4 is 10.1 Å². The van der Waals surface area contributed by atoms with Crippen molar-refractivity contribution in [2.24, 2.45) is 0 Å². The molecule has 5 heteroatoms. The van der Waals surface area contributed by atoms with E-state index >= 15 is 0 Å². The lowest BCUT2D eigenvalue weighted by Crippen LogP contribution is -2.46. The number of amides is 2. The second-order valence-corrected chi connectivity index (χ2v) is 5.99. The van der Waals surface area contributed by atoms with Crippen molar-refractivity contribution in [1.29, 1.82) is 0 Å². The van der Waals surface area contributed by atoms with Gasteiger partial charge in [-0.3, -0.25) is 9.59 Å². The van der Waals surface area contributed by atoms with Crippen molar-refractivity contribution in [2.75, 3.05) is 13.7 Å². The molecular weight excluding hydrogens is 268 g/mol. The molecular formula is C16H24N2O3. The first kappa shape index (κ1) is 17.0. The normalized spacial score (nSPS) is 10.9. The largest absolute Gasteiger partial charge is 0.496 e. The van der Waals surface area contributed by atoms with Crippen LogP contribution in [0.15, 0.2) is 24.3 Å². The zero-order chi connectivity index (χ0) is 16.0. The van der Waals surface area contributed by atoms with Crippen molar-refractivity contribution < 1.29 is 14.3 Å². The number of para-hydroxylation sites is 1. The summed E-state index contributed by atoms with van der Waals surface area (Å²) >= 11 is 0. The summed E-state index contributed by atoms with van der Waals surface area (Å²) in [6.07, 6.45) is 0. The van der Waals surface area contributed by atoms with E-state index in [0.29, 0.717) is 12.3 Å². The van der Waals surface area contributed by atoms with Crippen molar-refractivity contribution in [3.8, 4) is 5.75 Å². The monoisotopic (exact) mass is 292 g/mol. The van der Waals surface area contributed by atoms with Crippen molar-refractivity contribution in [2.45, 2.75) is 39.8 Å². The Morgan fingerprint density at radius 2 is 1.86 bits per heavy atom. The average Bonchev–Trinajstić information content (AvgIpc) is 2.36. The number of hydrogen-bond acceptors (Lipinski definition) is 3. The van der Waals surface area contributed by atoms with Crippen LogP contribution in [0.1, 0.15) is 33.3 Å². The minimum atomic E-state index is -0.315. The molecule has 1 aromatic carbocycles. The summed E-state index contributed by atoms with van der Waals surface area (Å²) < 4.78 is 5.27. The summed E-state index contributed by atoms with van der Waals surface area (Å²) in [5, 5.41) is 2.85. The molecule has 21 heavy (non-hydrogen) atoms. The van der Waals surface area contributed by atoms with Gasteiger partial charge in [0.1, 0.15) is 5.75 Å². The van der Waals surface area contributed by atoms with E-state index in [2.05, 4.69) is 5.32 Å². The molecule has 0 aliphatic heterocycles. The van der Waals surface area contributed by atoms with Gasteiger partial charge >= 0.3 is 0 Å². The van der Waals surface area contributed by atoms with Gasteiger partial charge < -0.3 is 15.0 Å². The predicted octanol–water partition coefficient (Wildman–Crippen LogP) is 1.96. The zero-order valence-corrected chi connectivity index (χ0v) is 13.4. The Morgan fingerprint density at radius 1 is 1.24 bits per heavy atom. The van der Waals surface area contributed by atoms with Crippen LogP contribution in [0.5, 0.6) is 5.75 Å². The van der Waals surface area contributed by atoms with E-state index in [4.69, 9.17) is 4.74 Å². The van der Waals surface area contributed by atoms with Crippen LogP contribution in [0.25, 0.3) is 0 Å². The fourth-order valence-electron chi connectivity index (χ4n) is 1.95. The SMILES string of the molecule is COc1ccccc1CN(CC(=O)NC(C)(C)C)C(C)=O. The highest BCUT2D eigenvalue weighted by molar-refractivity contribution is 5.84. The Kier molecular flexibility index (Phi) is 5.76. The second-order valence-electron chi connectivity index (χ2n) is 5.99. The fraction of sp³-hybridized carbons (Fsp3) is 0.500. The highest BCUT2D eigenvalue weighted by Gasteiger charge is 2.19. The Balaban J connectivity index is 2.79. The molecule has 0 aliphatic rings. The molecule has 0 unspecified atom stereocenters. The second kappa shape index (κ2) is 7.11. The number of rotatable bonds is 5. The maximum absolute atomic E-state index is 12.0. The van der Waals surface area contributed by atoms with Gasteiger partial charge in [-0.2, -0.15) is 0 Å². The molecule has 116 valence electrons. The van der Waals surface area contributed by atoms with Crippen molar-refractivity contribution >= 4 is 11.8 Å². The standard InChI is InChI=1S/C16H24N2O3/c1-12(19)18(11-15(20)17-16(2,3)4)10-13-8-6-7-9-14(13)21-5/h6-9H,10-11H2,1-5H3,(H,17,20). The molecule has 0 bridgehead atoms. The fourth-order valence-corrected chi connectivity index (χ4v) is 1.95. The molecule has 0 spiro atoms.